The molecule has 0 aliphatic carbocycles. The van der Waals surface area contributed by atoms with Crippen molar-refractivity contribution in [2.75, 3.05) is 19.0 Å². The topological polar surface area (TPSA) is 52.8 Å². The van der Waals surface area contributed by atoms with Gasteiger partial charge < -0.3 is 14.7 Å². The van der Waals surface area contributed by atoms with Crippen LogP contribution in [0.25, 0.3) is 0 Å². The minimum absolute atomic E-state index is 0.109. The summed E-state index contributed by atoms with van der Waals surface area (Å²) in [6.07, 6.45) is 9.01. The standard InChI is InChI=1S/C36H38N2O3/c1-35(2)28-11-7-9-13-30(28)37(5)32(35)22-20-27(41-26-18-15-25(16-19-26)17-24-34(39)40)21-23-33-36(3,4)29-12-8-10-14-31(29)38(33)6/h7-16,18-23H,17,24H2,1-6H3/p+1. The Labute approximate surface area is 243 Å². The Kier molecular flexibility index (Phi) is 7.48. The number of carboxylic acids is 1. The highest BCUT2D eigenvalue weighted by Crippen LogP contribution is 2.46. The highest BCUT2D eigenvalue weighted by Gasteiger charge is 2.42. The Bertz CT molecular complexity index is 1600. The maximum absolute atomic E-state index is 11.0. The molecule has 0 atom stereocenters. The molecule has 0 spiro atoms. The van der Waals surface area contributed by atoms with Gasteiger partial charge >= 0.3 is 5.97 Å². The number of allylic oxidation sites excluding steroid dienone is 5. The zero-order chi connectivity index (χ0) is 29.4. The average Bonchev–Trinajstić information content (AvgIpc) is 3.27. The minimum Gasteiger partial charge on any atom is -0.481 e. The van der Waals surface area contributed by atoms with Gasteiger partial charge in [0.25, 0.3) is 0 Å². The summed E-state index contributed by atoms with van der Waals surface area (Å²) in [5, 5.41) is 9.02. The van der Waals surface area contributed by atoms with Gasteiger partial charge in [-0.2, -0.15) is 4.58 Å². The van der Waals surface area contributed by atoms with E-state index in [2.05, 4.69) is 112 Å². The fourth-order valence-electron chi connectivity index (χ4n) is 6.16. The molecule has 5 nitrogen and oxygen atoms in total. The molecule has 0 saturated heterocycles. The predicted octanol–water partition coefficient (Wildman–Crippen LogP) is 7.54. The summed E-state index contributed by atoms with van der Waals surface area (Å²) in [7, 11) is 4.23. The summed E-state index contributed by atoms with van der Waals surface area (Å²) in [4.78, 5) is 13.2. The molecule has 2 aliphatic heterocycles. The zero-order valence-electron chi connectivity index (χ0n) is 24.8. The third-order valence-corrected chi connectivity index (χ3v) is 8.48. The molecule has 210 valence electrons. The van der Waals surface area contributed by atoms with Gasteiger partial charge in [0.1, 0.15) is 18.6 Å². The number of carboxylic acid groups (broad SMARTS) is 1. The molecule has 2 heterocycles. The van der Waals surface area contributed by atoms with E-state index in [1.807, 2.05) is 36.4 Å². The van der Waals surface area contributed by atoms with Crippen molar-refractivity contribution in [1.82, 2.24) is 0 Å². The van der Waals surface area contributed by atoms with Crippen molar-refractivity contribution in [2.45, 2.75) is 51.4 Å². The normalized spacial score (nSPS) is 18.2. The lowest BCUT2D eigenvalue weighted by atomic mass is 9.81. The van der Waals surface area contributed by atoms with Gasteiger partial charge in [0, 0.05) is 48.0 Å². The molecule has 0 aromatic heterocycles. The molecule has 2 aliphatic rings. The van der Waals surface area contributed by atoms with Gasteiger partial charge in [0.15, 0.2) is 5.71 Å². The smallest absolute Gasteiger partial charge is 0.303 e. The number of likely N-dealkylation sites (N-methyl/N-ethyl adjacent to an activating group) is 1. The fourth-order valence-corrected chi connectivity index (χ4v) is 6.16. The number of aryl methyl sites for hydroxylation is 1. The van der Waals surface area contributed by atoms with E-state index in [9.17, 15) is 4.79 Å². The summed E-state index contributed by atoms with van der Waals surface area (Å²) in [6.45, 7) is 9.02. The van der Waals surface area contributed by atoms with E-state index in [0.29, 0.717) is 17.9 Å². The Hall–Kier alpha value is -4.38. The maximum atomic E-state index is 11.0. The van der Waals surface area contributed by atoms with Crippen LogP contribution in [0, 0.1) is 0 Å². The summed E-state index contributed by atoms with van der Waals surface area (Å²) in [6, 6.07) is 24.8. The fraction of sp³-hybridized carbons (Fsp3) is 0.278. The first-order valence-electron chi connectivity index (χ1n) is 14.1. The summed E-state index contributed by atoms with van der Waals surface area (Å²) in [5.74, 6) is 0.617. The van der Waals surface area contributed by atoms with Crippen LogP contribution in [0.3, 0.4) is 0 Å². The van der Waals surface area contributed by atoms with Crippen LogP contribution in [0.2, 0.25) is 0 Å². The number of hydrogen-bond acceptors (Lipinski definition) is 3. The molecule has 3 aromatic rings. The molecule has 0 saturated carbocycles. The third-order valence-electron chi connectivity index (χ3n) is 8.48. The van der Waals surface area contributed by atoms with Gasteiger partial charge in [-0.1, -0.05) is 62.4 Å². The monoisotopic (exact) mass is 547 g/mol. The zero-order valence-corrected chi connectivity index (χ0v) is 24.8. The van der Waals surface area contributed by atoms with Crippen molar-refractivity contribution in [3.8, 4) is 5.75 Å². The quantitative estimate of drug-likeness (QED) is 0.180. The van der Waals surface area contributed by atoms with Gasteiger partial charge in [0.2, 0.25) is 5.69 Å². The van der Waals surface area contributed by atoms with Crippen molar-refractivity contribution in [3.05, 3.63) is 125 Å². The molecule has 5 rings (SSSR count). The molecule has 5 heteroatoms. The lowest BCUT2D eigenvalue weighted by molar-refractivity contribution is -0.401. The number of carbonyl (C=O) groups is 1. The van der Waals surface area contributed by atoms with Crippen LogP contribution in [0.4, 0.5) is 11.4 Å². The van der Waals surface area contributed by atoms with E-state index in [1.54, 1.807) is 0 Å². The van der Waals surface area contributed by atoms with Gasteiger partial charge in [-0.05, 0) is 67.8 Å². The number of anilines is 1. The van der Waals surface area contributed by atoms with Crippen LogP contribution in [0.15, 0.2) is 109 Å². The van der Waals surface area contributed by atoms with Crippen LogP contribution < -0.4 is 9.64 Å². The second-order valence-corrected chi connectivity index (χ2v) is 11.9. The van der Waals surface area contributed by atoms with Gasteiger partial charge in [-0.25, -0.2) is 0 Å². The molecule has 0 unspecified atom stereocenters. The molecule has 3 aromatic carbocycles. The molecule has 0 radical (unpaired) electrons. The second kappa shape index (κ2) is 10.9. The van der Waals surface area contributed by atoms with Crippen LogP contribution in [-0.2, 0) is 22.0 Å². The first-order valence-corrected chi connectivity index (χ1v) is 14.1. The van der Waals surface area contributed by atoms with Crippen LogP contribution in [0.1, 0.15) is 50.8 Å². The van der Waals surface area contributed by atoms with Gasteiger partial charge in [-0.3, -0.25) is 4.79 Å². The largest absolute Gasteiger partial charge is 0.481 e. The first kappa shape index (κ1) is 28.2. The van der Waals surface area contributed by atoms with E-state index < -0.39 is 5.97 Å². The lowest BCUT2D eigenvalue weighted by Crippen LogP contribution is -2.26. The Morgan fingerprint density at radius 2 is 1.59 bits per heavy atom. The summed E-state index contributed by atoms with van der Waals surface area (Å²) in [5.41, 5.74) is 8.10. The van der Waals surface area contributed by atoms with E-state index in [0.717, 1.165) is 5.56 Å². The van der Waals surface area contributed by atoms with Gasteiger partial charge in [-0.15, -0.1) is 0 Å². The maximum Gasteiger partial charge on any atom is 0.303 e. The summed E-state index contributed by atoms with van der Waals surface area (Å²) < 4.78 is 8.69. The number of ether oxygens (including phenoxy) is 1. The van der Waals surface area contributed by atoms with Crippen molar-refractivity contribution < 1.29 is 19.2 Å². The highest BCUT2D eigenvalue weighted by atomic mass is 16.5. The Balaban J connectivity index is 1.50. The molecule has 1 N–H and O–H groups in total. The number of nitrogens with zero attached hydrogens (tertiary/aromatic N) is 2. The SMILES string of the molecule is CN1/C(=C/C=C(/C=C/C2=[N+](C)c3ccccc3C2(C)C)Oc2ccc(CCC(=O)O)cc2)C(C)(C)c2ccccc21. The van der Waals surface area contributed by atoms with Gasteiger partial charge in [0.05, 0.1) is 5.41 Å². The molecule has 0 bridgehead atoms. The Morgan fingerprint density at radius 3 is 2.24 bits per heavy atom. The second-order valence-electron chi connectivity index (χ2n) is 11.9. The number of aliphatic carboxylic acids is 1. The number of fused-ring (bicyclic) bond motifs is 2. The number of rotatable bonds is 8. The Morgan fingerprint density at radius 1 is 0.927 bits per heavy atom. The van der Waals surface area contributed by atoms with Crippen molar-refractivity contribution in [1.29, 1.82) is 0 Å². The molecule has 41 heavy (non-hydrogen) atoms. The van der Waals surface area contributed by atoms with E-state index in [-0.39, 0.29) is 17.3 Å². The van der Waals surface area contributed by atoms with E-state index in [4.69, 9.17) is 9.84 Å². The number of hydrogen-bond donors (Lipinski definition) is 1. The third kappa shape index (κ3) is 5.37. The summed E-state index contributed by atoms with van der Waals surface area (Å²) >= 11 is 0. The molecule has 0 amide bonds. The predicted molar refractivity (Wildman–Crippen MR) is 167 cm³/mol. The van der Waals surface area contributed by atoms with Crippen molar-refractivity contribution >= 4 is 23.1 Å². The van der Waals surface area contributed by atoms with Crippen LogP contribution in [-0.4, -0.2) is 35.5 Å². The molecular weight excluding hydrogens is 508 g/mol. The minimum atomic E-state index is -0.796. The number of benzene rings is 3. The average molecular weight is 548 g/mol. The van der Waals surface area contributed by atoms with E-state index in [1.165, 1.54) is 33.9 Å². The molecular formula is C36H39N2O3+. The number of para-hydroxylation sites is 2. The van der Waals surface area contributed by atoms with Crippen LogP contribution in [0.5, 0.6) is 5.75 Å². The lowest BCUT2D eigenvalue weighted by Gasteiger charge is -2.23. The van der Waals surface area contributed by atoms with Crippen molar-refractivity contribution in [3.63, 3.8) is 0 Å². The van der Waals surface area contributed by atoms with E-state index >= 15 is 0 Å². The highest BCUT2D eigenvalue weighted by molar-refractivity contribution is 6.03. The van der Waals surface area contributed by atoms with Crippen LogP contribution >= 0.6 is 0 Å². The van der Waals surface area contributed by atoms with Crippen molar-refractivity contribution in [2.24, 2.45) is 0 Å². The first-order chi connectivity index (χ1) is 19.5. The molecule has 0 fully saturated rings.